The zero-order valence-corrected chi connectivity index (χ0v) is 35.1. The summed E-state index contributed by atoms with van der Waals surface area (Å²) in [5, 5.41) is 19.1. The van der Waals surface area contributed by atoms with Crippen LogP contribution in [0.4, 0.5) is 11.4 Å². The van der Waals surface area contributed by atoms with Crippen molar-refractivity contribution in [2.45, 2.75) is 34.1 Å². The smallest absolute Gasteiger partial charge is 0.345 e. The summed E-state index contributed by atoms with van der Waals surface area (Å²) in [4.78, 5) is 70.0. The van der Waals surface area contributed by atoms with Crippen LogP contribution in [0.3, 0.4) is 0 Å². The number of anilines is 2. The van der Waals surface area contributed by atoms with E-state index in [1.54, 1.807) is 33.4 Å². The highest BCUT2D eigenvalue weighted by Crippen LogP contribution is 2.30. The molecule has 0 spiro atoms. The van der Waals surface area contributed by atoms with Crippen LogP contribution < -0.4 is 21.7 Å². The Balaban J connectivity index is 0.000000346. The van der Waals surface area contributed by atoms with Gasteiger partial charge < -0.3 is 45.4 Å². The number of nitrogens with two attached hydrogens (primary N) is 1. The number of hydrogen-bond donors (Lipinski definition) is 5. The molecular formula is C41H49ClN6O9S2. The summed E-state index contributed by atoms with van der Waals surface area (Å²) in [6.07, 6.45) is 4.22. The zero-order valence-electron chi connectivity index (χ0n) is 32.7. The summed E-state index contributed by atoms with van der Waals surface area (Å²) in [6.45, 7) is 4.46. The molecule has 59 heavy (non-hydrogen) atoms. The average molecular weight is 869 g/mol. The first-order valence-corrected chi connectivity index (χ1v) is 19.1. The van der Waals surface area contributed by atoms with Gasteiger partial charge in [-0.25, -0.2) is 4.79 Å². The van der Waals surface area contributed by atoms with Crippen molar-refractivity contribution >= 4 is 102 Å². The minimum Gasteiger partial charge on any atom is -0.477 e. The van der Waals surface area contributed by atoms with Crippen molar-refractivity contribution in [3.05, 3.63) is 105 Å². The maximum absolute atomic E-state index is 12.5. The number of nitrogens with one attached hydrogen (secondary N) is 3. The Hall–Kier alpha value is -6.01. The molecule has 4 aromatic heterocycles. The van der Waals surface area contributed by atoms with E-state index in [9.17, 15) is 28.8 Å². The minimum absolute atomic E-state index is 0. The van der Waals surface area contributed by atoms with Gasteiger partial charge >= 0.3 is 17.9 Å². The fourth-order valence-electron chi connectivity index (χ4n) is 5.45. The number of aromatic nitrogens is 2. The first-order valence-electron chi connectivity index (χ1n) is 17.4. The van der Waals surface area contributed by atoms with Crippen LogP contribution in [0.5, 0.6) is 0 Å². The third-order valence-corrected chi connectivity index (χ3v) is 10.4. The number of ether oxygens (including phenoxy) is 2. The molecule has 316 valence electrons. The van der Waals surface area contributed by atoms with E-state index in [1.807, 2.05) is 76.7 Å². The summed E-state index contributed by atoms with van der Waals surface area (Å²) in [5.41, 5.74) is 9.50. The van der Waals surface area contributed by atoms with Crippen LogP contribution in [0.2, 0.25) is 0 Å². The van der Waals surface area contributed by atoms with Gasteiger partial charge in [0.2, 0.25) is 0 Å². The highest BCUT2D eigenvalue weighted by Gasteiger charge is 2.15. The molecule has 15 nitrogen and oxygen atoms in total. The maximum Gasteiger partial charge on any atom is 0.345 e. The van der Waals surface area contributed by atoms with Crippen molar-refractivity contribution < 1.29 is 43.3 Å². The van der Waals surface area contributed by atoms with Gasteiger partial charge in [-0.3, -0.25) is 24.0 Å². The standard InChI is InChI=1S/C20H21N3O4S.C16H14N2O3S.C4H9NO2.CH4.ClH/c1-12-8-15(23(2)11-12)19(25)22-14-4-5-16-13(9-14)10-17(28-16)20(26)21-7-6-18(24)27-3;1-9-5-12(18(2)8-9)15(19)17-11-3-4-13-10(6-11)7-14(22-13)16(20)21;1-7-4(6)2-3-5;;/h4-5,8-11H,6-7H2,1-3H3,(H,21,26)(H,22,25);3-8H,1-2H3,(H,17,19)(H,20,21);2-3,5H2,1H3;1H4;1H. The number of carbonyl (C=O) groups excluding carboxylic acids is 5. The quantitative estimate of drug-likeness (QED) is 0.0829. The highest BCUT2D eigenvalue weighted by molar-refractivity contribution is 7.21. The molecule has 0 saturated heterocycles. The highest BCUT2D eigenvalue weighted by atomic mass is 35.5. The van der Waals surface area contributed by atoms with Gasteiger partial charge in [0, 0.05) is 60.4 Å². The Labute approximate surface area is 355 Å². The van der Waals surface area contributed by atoms with E-state index in [0.29, 0.717) is 40.6 Å². The Morgan fingerprint density at radius 2 is 1.12 bits per heavy atom. The number of methoxy groups -OCH3 is 2. The lowest BCUT2D eigenvalue weighted by atomic mass is 10.2. The van der Waals surface area contributed by atoms with Gasteiger partial charge in [-0.05, 0) is 96.4 Å². The average Bonchev–Trinajstić information content (AvgIpc) is 3.96. The molecule has 0 radical (unpaired) electrons. The molecule has 0 saturated carbocycles. The molecule has 0 aliphatic rings. The lowest BCUT2D eigenvalue weighted by molar-refractivity contribution is -0.141. The molecule has 0 fully saturated rings. The van der Waals surface area contributed by atoms with E-state index in [4.69, 9.17) is 10.8 Å². The van der Waals surface area contributed by atoms with Gasteiger partial charge in [0.25, 0.3) is 17.7 Å². The summed E-state index contributed by atoms with van der Waals surface area (Å²) in [7, 11) is 6.31. The fourth-order valence-corrected chi connectivity index (χ4v) is 7.29. The van der Waals surface area contributed by atoms with Crippen molar-refractivity contribution in [2.75, 3.05) is 37.9 Å². The summed E-state index contributed by atoms with van der Waals surface area (Å²) in [6, 6.07) is 17.9. The summed E-state index contributed by atoms with van der Waals surface area (Å²) < 4.78 is 14.2. The Bertz CT molecular complexity index is 2430. The van der Waals surface area contributed by atoms with Crippen LogP contribution in [0.25, 0.3) is 20.2 Å². The van der Waals surface area contributed by atoms with Crippen molar-refractivity contribution in [1.29, 1.82) is 0 Å². The van der Waals surface area contributed by atoms with Crippen molar-refractivity contribution in [3.8, 4) is 0 Å². The maximum atomic E-state index is 12.5. The van der Waals surface area contributed by atoms with Crippen LogP contribution in [0, 0.1) is 13.8 Å². The van der Waals surface area contributed by atoms with E-state index in [-0.39, 0.29) is 67.3 Å². The number of carboxylic acid groups (broad SMARTS) is 1. The monoisotopic (exact) mass is 868 g/mol. The second-order valence-electron chi connectivity index (χ2n) is 12.7. The van der Waals surface area contributed by atoms with Crippen molar-refractivity contribution in [3.63, 3.8) is 0 Å². The number of amides is 3. The minimum atomic E-state index is -0.939. The molecular weight excluding hydrogens is 820 g/mol. The number of nitrogens with zero attached hydrogens (tertiary/aromatic N) is 2. The normalized spacial score (nSPS) is 10.1. The topological polar surface area (TPSA) is 213 Å². The predicted molar refractivity (Wildman–Crippen MR) is 235 cm³/mol. The summed E-state index contributed by atoms with van der Waals surface area (Å²) in [5.74, 6) is -2.18. The number of aryl methyl sites for hydroxylation is 4. The van der Waals surface area contributed by atoms with Gasteiger partial charge in [0.15, 0.2) is 0 Å². The first-order chi connectivity index (χ1) is 27.1. The van der Waals surface area contributed by atoms with Gasteiger partial charge in [-0.15, -0.1) is 35.1 Å². The van der Waals surface area contributed by atoms with Crippen molar-refractivity contribution in [1.82, 2.24) is 14.5 Å². The number of benzene rings is 2. The molecule has 6 N–H and O–H groups in total. The fraction of sp³-hybridized carbons (Fsp3) is 0.268. The van der Waals surface area contributed by atoms with Crippen LogP contribution in [-0.4, -0.2) is 77.2 Å². The van der Waals surface area contributed by atoms with Crippen LogP contribution in [-0.2, 0) is 33.2 Å². The lowest BCUT2D eigenvalue weighted by Crippen LogP contribution is -2.25. The molecule has 4 heterocycles. The van der Waals surface area contributed by atoms with E-state index < -0.39 is 5.97 Å². The van der Waals surface area contributed by atoms with Gasteiger partial charge in [0.05, 0.1) is 31.9 Å². The number of halogens is 1. The molecule has 0 unspecified atom stereocenters. The van der Waals surface area contributed by atoms with Gasteiger partial charge in [-0.1, -0.05) is 7.43 Å². The second-order valence-corrected chi connectivity index (χ2v) is 14.8. The molecule has 6 rings (SSSR count). The SMILES string of the molecule is C.COC(=O)CCN.COC(=O)CCNC(=O)c1cc2cc(NC(=O)c3cc(C)cn3C)ccc2s1.Cc1cc(C(=O)Nc2ccc3sc(C(=O)O)cc3c2)n(C)c1.Cl. The van der Waals surface area contributed by atoms with E-state index in [0.717, 1.165) is 31.3 Å². The largest absolute Gasteiger partial charge is 0.477 e. The Morgan fingerprint density at radius 3 is 1.51 bits per heavy atom. The molecule has 0 aliphatic carbocycles. The van der Waals surface area contributed by atoms with E-state index in [1.165, 1.54) is 36.9 Å². The Kier molecular flexibility index (Phi) is 19.0. The van der Waals surface area contributed by atoms with Crippen LogP contribution in [0.1, 0.15) is 71.7 Å². The van der Waals surface area contributed by atoms with Gasteiger partial charge in [0.1, 0.15) is 16.3 Å². The lowest BCUT2D eigenvalue weighted by Gasteiger charge is -2.06. The number of rotatable bonds is 11. The van der Waals surface area contributed by atoms with Crippen molar-refractivity contribution in [2.24, 2.45) is 19.8 Å². The number of carboxylic acids is 1. The molecule has 0 aliphatic heterocycles. The molecule has 3 amide bonds. The van der Waals surface area contributed by atoms with E-state index >= 15 is 0 Å². The molecule has 2 aromatic carbocycles. The molecule has 18 heteroatoms. The van der Waals surface area contributed by atoms with Crippen LogP contribution in [0.15, 0.2) is 73.1 Å². The van der Waals surface area contributed by atoms with E-state index in [2.05, 4.69) is 25.4 Å². The molecule has 6 aromatic rings. The number of aromatic carboxylic acids is 1. The number of esters is 2. The first kappa shape index (κ1) is 49.1. The second kappa shape index (κ2) is 22.8. The van der Waals surface area contributed by atoms with Gasteiger partial charge in [-0.2, -0.15) is 0 Å². The Morgan fingerprint density at radius 1 is 0.678 bits per heavy atom. The number of thiophene rings is 2. The third-order valence-electron chi connectivity index (χ3n) is 8.15. The predicted octanol–water partition coefficient (Wildman–Crippen LogP) is 7.16. The number of carbonyl (C=O) groups is 6. The summed E-state index contributed by atoms with van der Waals surface area (Å²) >= 11 is 2.57. The number of hydrogen-bond acceptors (Lipinski definition) is 11. The molecule has 0 atom stereocenters. The molecule has 0 bridgehead atoms. The van der Waals surface area contributed by atoms with Crippen LogP contribution >= 0.6 is 35.1 Å². The number of fused-ring (bicyclic) bond motifs is 2. The zero-order chi connectivity index (χ0) is 41.8. The third kappa shape index (κ3) is 13.8.